The van der Waals surface area contributed by atoms with Gasteiger partial charge in [-0.3, -0.25) is 0 Å². The first-order valence-corrected chi connectivity index (χ1v) is 11.8. The number of nitrogens with zero attached hydrogens (tertiary/aromatic N) is 1. The fraction of sp³-hybridized carbons (Fsp3) is 0.480. The summed E-state index contributed by atoms with van der Waals surface area (Å²) in [4.78, 5) is 16.0. The Labute approximate surface area is 191 Å². The number of carbonyl (C=O) groups is 1. The Morgan fingerprint density at radius 2 is 1.75 bits per heavy atom. The number of likely N-dealkylation sites (N-methyl/N-ethyl adjacent to an activating group) is 1. The standard InChI is InChI=1S/C24H29NO2S.CHF3/c1-16-8-10-17(11-9-16)21-15-25(2)13-12-19(21)20-14-22(28-23(20)24(26)27)18-6-4-3-5-7-18;2-1(3)4/h3-7,14,16-17H,8-13,15H2,1-2H3,(H,26,27);1H. The van der Waals surface area contributed by atoms with Crippen molar-refractivity contribution < 1.29 is 23.1 Å². The van der Waals surface area contributed by atoms with Crippen LogP contribution in [0.15, 0.2) is 42.0 Å². The molecule has 0 unspecified atom stereocenters. The molecule has 0 spiro atoms. The van der Waals surface area contributed by atoms with Crippen LogP contribution in [0, 0.1) is 11.8 Å². The third-order valence-corrected chi connectivity index (χ3v) is 7.56. The second-order valence-corrected chi connectivity index (χ2v) is 9.77. The molecular formula is C25H30F3NO2S. The third-order valence-electron chi connectivity index (χ3n) is 6.39. The van der Waals surface area contributed by atoms with Gasteiger partial charge in [-0.2, -0.15) is 13.2 Å². The lowest BCUT2D eigenvalue weighted by atomic mass is 9.75. The van der Waals surface area contributed by atoms with E-state index in [-0.39, 0.29) is 0 Å². The summed E-state index contributed by atoms with van der Waals surface area (Å²) < 4.78 is 29.0. The summed E-state index contributed by atoms with van der Waals surface area (Å²) in [5, 5.41) is 9.92. The molecule has 2 aromatic rings. The van der Waals surface area contributed by atoms with Crippen molar-refractivity contribution in [2.24, 2.45) is 11.8 Å². The number of aromatic carboxylic acids is 1. The number of carboxylic acids is 1. The van der Waals surface area contributed by atoms with E-state index < -0.39 is 12.6 Å². The van der Waals surface area contributed by atoms with Crippen LogP contribution in [0.2, 0.25) is 0 Å². The van der Waals surface area contributed by atoms with E-state index in [1.54, 1.807) is 0 Å². The van der Waals surface area contributed by atoms with Gasteiger partial charge >= 0.3 is 12.6 Å². The van der Waals surface area contributed by atoms with Crippen molar-refractivity contribution in [1.29, 1.82) is 0 Å². The molecule has 2 aliphatic rings. The normalized spacial score (nSPS) is 21.9. The van der Waals surface area contributed by atoms with Gasteiger partial charge in [0, 0.05) is 23.5 Å². The minimum Gasteiger partial charge on any atom is -0.477 e. The molecule has 1 fully saturated rings. The molecular weight excluding hydrogens is 435 g/mol. The number of hydrogen-bond donors (Lipinski definition) is 1. The highest BCUT2D eigenvalue weighted by Gasteiger charge is 2.30. The molecule has 1 aliphatic carbocycles. The zero-order valence-corrected chi connectivity index (χ0v) is 19.3. The van der Waals surface area contributed by atoms with Crippen molar-refractivity contribution in [3.8, 4) is 10.4 Å². The zero-order valence-electron chi connectivity index (χ0n) is 18.5. The van der Waals surface area contributed by atoms with Crippen molar-refractivity contribution in [2.45, 2.75) is 45.7 Å². The molecule has 174 valence electrons. The van der Waals surface area contributed by atoms with Crippen LogP contribution in [0.5, 0.6) is 0 Å². The number of carboxylic acid groups (broad SMARTS) is 1. The maximum absolute atomic E-state index is 12.1. The van der Waals surface area contributed by atoms with Gasteiger partial charge in [-0.1, -0.05) is 50.1 Å². The lowest BCUT2D eigenvalue weighted by Crippen LogP contribution is -2.31. The predicted octanol–water partition coefficient (Wildman–Crippen LogP) is 7.21. The zero-order chi connectivity index (χ0) is 23.3. The molecule has 0 saturated heterocycles. The molecule has 0 atom stereocenters. The number of rotatable bonds is 4. The van der Waals surface area contributed by atoms with E-state index in [0.717, 1.165) is 41.4 Å². The Hall–Kier alpha value is -2.12. The van der Waals surface area contributed by atoms with Gasteiger partial charge in [0.05, 0.1) is 0 Å². The Kier molecular flexibility index (Phi) is 8.54. The molecule has 4 rings (SSSR count). The van der Waals surface area contributed by atoms with Crippen molar-refractivity contribution in [3.05, 3.63) is 52.4 Å². The summed E-state index contributed by atoms with van der Waals surface area (Å²) in [7, 11) is 2.18. The minimum absolute atomic E-state index is 0.500. The van der Waals surface area contributed by atoms with Crippen LogP contribution in [0.4, 0.5) is 13.2 Å². The Bertz CT molecular complexity index is 931. The summed E-state index contributed by atoms with van der Waals surface area (Å²) in [5.41, 5.74) is 4.88. The lowest BCUT2D eigenvalue weighted by molar-refractivity contribution is 0.00818. The first-order chi connectivity index (χ1) is 15.3. The topological polar surface area (TPSA) is 40.5 Å². The molecule has 3 nitrogen and oxygen atoms in total. The van der Waals surface area contributed by atoms with Gasteiger partial charge in [0.25, 0.3) is 0 Å². The van der Waals surface area contributed by atoms with Gasteiger partial charge in [-0.25, -0.2) is 4.79 Å². The molecule has 2 heterocycles. The second-order valence-electron chi connectivity index (χ2n) is 8.72. The Balaban J connectivity index is 0.000000668. The Morgan fingerprint density at radius 1 is 1.12 bits per heavy atom. The van der Waals surface area contributed by atoms with E-state index in [1.165, 1.54) is 48.2 Å². The first-order valence-electron chi connectivity index (χ1n) is 11.0. The van der Waals surface area contributed by atoms with Crippen LogP contribution < -0.4 is 0 Å². The van der Waals surface area contributed by atoms with E-state index in [0.29, 0.717) is 10.8 Å². The van der Waals surface area contributed by atoms with Crippen molar-refractivity contribution >= 4 is 22.9 Å². The molecule has 1 aromatic heterocycles. The minimum atomic E-state index is -3.67. The third kappa shape index (κ3) is 6.23. The largest absolute Gasteiger partial charge is 0.477 e. The van der Waals surface area contributed by atoms with Gasteiger partial charge in [-0.05, 0) is 60.9 Å². The number of alkyl halides is 3. The fourth-order valence-corrected chi connectivity index (χ4v) is 5.77. The van der Waals surface area contributed by atoms with Gasteiger partial charge in [0.2, 0.25) is 0 Å². The van der Waals surface area contributed by atoms with Crippen LogP contribution in [0.3, 0.4) is 0 Å². The van der Waals surface area contributed by atoms with E-state index in [2.05, 4.69) is 37.1 Å². The maximum atomic E-state index is 12.1. The van der Waals surface area contributed by atoms with Crippen LogP contribution in [-0.2, 0) is 0 Å². The summed E-state index contributed by atoms with van der Waals surface area (Å²) in [6.45, 7) is 0.660. The van der Waals surface area contributed by atoms with Gasteiger partial charge < -0.3 is 10.0 Å². The SMILES string of the molecule is CC1CCC(C2=C(c3cc(-c4ccccc4)sc3C(=O)O)CCN(C)C2)CC1.FC(F)F. The van der Waals surface area contributed by atoms with Crippen LogP contribution in [0.25, 0.3) is 16.0 Å². The average molecular weight is 466 g/mol. The molecule has 1 aliphatic heterocycles. The van der Waals surface area contributed by atoms with Crippen LogP contribution in [-0.4, -0.2) is 42.8 Å². The fourth-order valence-electron chi connectivity index (χ4n) is 4.74. The van der Waals surface area contributed by atoms with Crippen LogP contribution in [0.1, 0.15) is 54.3 Å². The number of halogens is 3. The molecule has 32 heavy (non-hydrogen) atoms. The molecule has 0 amide bonds. The summed E-state index contributed by atoms with van der Waals surface area (Å²) in [5.74, 6) is 0.628. The number of hydrogen-bond acceptors (Lipinski definition) is 3. The van der Waals surface area contributed by atoms with Gasteiger partial charge in [-0.15, -0.1) is 11.3 Å². The van der Waals surface area contributed by atoms with E-state index >= 15 is 0 Å². The van der Waals surface area contributed by atoms with Crippen molar-refractivity contribution in [3.63, 3.8) is 0 Å². The summed E-state index contributed by atoms with van der Waals surface area (Å²) in [6, 6.07) is 12.3. The van der Waals surface area contributed by atoms with Gasteiger partial charge in [0.1, 0.15) is 4.88 Å². The predicted molar refractivity (Wildman–Crippen MR) is 124 cm³/mol. The van der Waals surface area contributed by atoms with Crippen molar-refractivity contribution in [2.75, 3.05) is 20.1 Å². The smallest absolute Gasteiger partial charge is 0.379 e. The van der Waals surface area contributed by atoms with E-state index in [4.69, 9.17) is 0 Å². The number of benzene rings is 1. The van der Waals surface area contributed by atoms with Crippen LogP contribution >= 0.6 is 11.3 Å². The monoisotopic (exact) mass is 465 g/mol. The van der Waals surface area contributed by atoms with Gasteiger partial charge in [0.15, 0.2) is 0 Å². The van der Waals surface area contributed by atoms with E-state index in [9.17, 15) is 23.1 Å². The summed E-state index contributed by atoms with van der Waals surface area (Å²) >= 11 is 1.42. The highest BCUT2D eigenvalue weighted by atomic mass is 32.1. The highest BCUT2D eigenvalue weighted by molar-refractivity contribution is 7.17. The molecule has 0 radical (unpaired) electrons. The number of thiophene rings is 1. The molecule has 0 bridgehead atoms. The molecule has 1 N–H and O–H groups in total. The van der Waals surface area contributed by atoms with E-state index in [1.807, 2.05) is 18.2 Å². The molecule has 7 heteroatoms. The second kappa shape index (κ2) is 11.1. The first kappa shape index (κ1) is 24.5. The Morgan fingerprint density at radius 3 is 2.34 bits per heavy atom. The highest BCUT2D eigenvalue weighted by Crippen LogP contribution is 2.43. The van der Waals surface area contributed by atoms with Crippen molar-refractivity contribution in [1.82, 2.24) is 4.90 Å². The maximum Gasteiger partial charge on any atom is 0.379 e. The summed E-state index contributed by atoms with van der Waals surface area (Å²) in [6.07, 6.45) is 6.01. The lowest BCUT2D eigenvalue weighted by Gasteiger charge is -2.35. The quantitative estimate of drug-likeness (QED) is 0.519. The molecule has 1 aromatic carbocycles. The molecule has 1 saturated carbocycles. The average Bonchev–Trinajstić information content (AvgIpc) is 3.20.